The Labute approximate surface area is 103 Å². The van der Waals surface area contributed by atoms with Gasteiger partial charge in [-0.2, -0.15) is 4.31 Å². The van der Waals surface area contributed by atoms with E-state index in [2.05, 4.69) is 0 Å². The molecule has 0 bridgehead atoms. The SMILES string of the molecule is CC1(C)CN(S(=O)(=O)CC2CCOC2)CCO1. The van der Waals surface area contributed by atoms with E-state index in [9.17, 15) is 8.42 Å². The van der Waals surface area contributed by atoms with E-state index in [0.717, 1.165) is 6.42 Å². The first kappa shape index (κ1) is 13.3. The number of nitrogens with zero attached hydrogens (tertiary/aromatic N) is 1. The van der Waals surface area contributed by atoms with E-state index in [4.69, 9.17) is 9.47 Å². The van der Waals surface area contributed by atoms with Crippen molar-refractivity contribution < 1.29 is 17.9 Å². The minimum Gasteiger partial charge on any atom is -0.381 e. The van der Waals surface area contributed by atoms with Gasteiger partial charge < -0.3 is 9.47 Å². The van der Waals surface area contributed by atoms with Gasteiger partial charge in [-0.3, -0.25) is 0 Å². The lowest BCUT2D eigenvalue weighted by atomic mass is 10.1. The van der Waals surface area contributed by atoms with E-state index >= 15 is 0 Å². The first-order valence-electron chi connectivity index (χ1n) is 6.09. The van der Waals surface area contributed by atoms with Crippen LogP contribution in [0.25, 0.3) is 0 Å². The van der Waals surface area contributed by atoms with E-state index in [-0.39, 0.29) is 17.3 Å². The van der Waals surface area contributed by atoms with Crippen molar-refractivity contribution in [1.82, 2.24) is 4.31 Å². The maximum Gasteiger partial charge on any atom is 0.214 e. The topological polar surface area (TPSA) is 55.8 Å². The summed E-state index contributed by atoms with van der Waals surface area (Å²) < 4.78 is 36.8. The summed E-state index contributed by atoms with van der Waals surface area (Å²) in [6.07, 6.45) is 0.854. The van der Waals surface area contributed by atoms with E-state index in [1.54, 1.807) is 4.31 Å². The predicted octanol–water partition coefficient (Wildman–Crippen LogP) is 0.464. The Morgan fingerprint density at radius 1 is 1.35 bits per heavy atom. The van der Waals surface area contributed by atoms with Crippen LogP contribution in [0.5, 0.6) is 0 Å². The van der Waals surface area contributed by atoms with E-state index in [1.165, 1.54) is 0 Å². The Hall–Kier alpha value is -0.170. The van der Waals surface area contributed by atoms with E-state index in [1.807, 2.05) is 13.8 Å². The van der Waals surface area contributed by atoms with Crippen molar-refractivity contribution in [2.75, 3.05) is 38.7 Å². The molecule has 0 aromatic rings. The Morgan fingerprint density at radius 2 is 2.12 bits per heavy atom. The van der Waals surface area contributed by atoms with Crippen molar-refractivity contribution >= 4 is 10.0 Å². The van der Waals surface area contributed by atoms with Gasteiger partial charge in [0.15, 0.2) is 0 Å². The monoisotopic (exact) mass is 263 g/mol. The Bertz CT molecular complexity index is 360. The highest BCUT2D eigenvalue weighted by molar-refractivity contribution is 7.89. The molecule has 0 aliphatic carbocycles. The van der Waals surface area contributed by atoms with Gasteiger partial charge in [-0.1, -0.05) is 0 Å². The predicted molar refractivity (Wildman–Crippen MR) is 64.3 cm³/mol. The zero-order valence-corrected chi connectivity index (χ0v) is 11.3. The minimum atomic E-state index is -3.16. The second kappa shape index (κ2) is 4.84. The van der Waals surface area contributed by atoms with Crippen LogP contribution in [-0.4, -0.2) is 57.0 Å². The Balaban J connectivity index is 1.99. The van der Waals surface area contributed by atoms with Gasteiger partial charge in [0, 0.05) is 19.7 Å². The summed E-state index contributed by atoms with van der Waals surface area (Å²) in [5, 5.41) is 0. The fourth-order valence-corrected chi connectivity index (χ4v) is 4.26. The lowest BCUT2D eigenvalue weighted by molar-refractivity contribution is -0.0640. The highest BCUT2D eigenvalue weighted by Gasteiger charge is 2.35. The van der Waals surface area contributed by atoms with Crippen molar-refractivity contribution in [2.45, 2.75) is 25.9 Å². The molecule has 5 nitrogen and oxygen atoms in total. The van der Waals surface area contributed by atoms with Gasteiger partial charge in [0.1, 0.15) is 0 Å². The smallest absolute Gasteiger partial charge is 0.214 e. The number of hydrogen-bond donors (Lipinski definition) is 0. The molecular weight excluding hydrogens is 242 g/mol. The molecule has 0 radical (unpaired) electrons. The first-order valence-corrected chi connectivity index (χ1v) is 7.69. The number of ether oxygens (including phenoxy) is 2. The van der Waals surface area contributed by atoms with Crippen molar-refractivity contribution in [3.05, 3.63) is 0 Å². The largest absolute Gasteiger partial charge is 0.381 e. The molecule has 2 heterocycles. The highest BCUT2D eigenvalue weighted by atomic mass is 32.2. The standard InChI is InChI=1S/C11H21NO4S/c1-11(2)9-12(4-6-16-11)17(13,14)8-10-3-5-15-7-10/h10H,3-9H2,1-2H3. The molecule has 1 atom stereocenters. The van der Waals surface area contributed by atoms with Crippen LogP contribution < -0.4 is 0 Å². The van der Waals surface area contributed by atoms with Gasteiger partial charge in [-0.05, 0) is 26.2 Å². The molecule has 0 spiro atoms. The maximum atomic E-state index is 12.2. The second-order valence-electron chi connectivity index (χ2n) is 5.45. The van der Waals surface area contributed by atoms with Crippen molar-refractivity contribution in [1.29, 1.82) is 0 Å². The molecule has 100 valence electrons. The molecular formula is C11H21NO4S. The molecule has 2 rings (SSSR count). The molecule has 1 unspecified atom stereocenters. The molecule has 6 heteroatoms. The molecule has 0 aromatic carbocycles. The third-order valence-electron chi connectivity index (χ3n) is 3.25. The second-order valence-corrected chi connectivity index (χ2v) is 7.46. The zero-order valence-electron chi connectivity index (χ0n) is 10.5. The summed E-state index contributed by atoms with van der Waals surface area (Å²) in [5.74, 6) is 0.370. The van der Waals surface area contributed by atoms with Gasteiger partial charge in [-0.15, -0.1) is 0 Å². The van der Waals surface area contributed by atoms with Crippen LogP contribution in [0.3, 0.4) is 0 Å². The van der Waals surface area contributed by atoms with Crippen LogP contribution in [0.1, 0.15) is 20.3 Å². The van der Waals surface area contributed by atoms with Gasteiger partial charge >= 0.3 is 0 Å². The summed E-state index contributed by atoms with van der Waals surface area (Å²) in [6, 6.07) is 0. The highest BCUT2D eigenvalue weighted by Crippen LogP contribution is 2.22. The fourth-order valence-electron chi connectivity index (χ4n) is 2.33. The first-order chi connectivity index (χ1) is 7.89. The molecule has 0 amide bonds. The number of sulfonamides is 1. The summed E-state index contributed by atoms with van der Waals surface area (Å²) in [7, 11) is -3.16. The summed E-state index contributed by atoms with van der Waals surface area (Å²) in [5.41, 5.74) is -0.377. The van der Waals surface area contributed by atoms with Crippen LogP contribution in [0.2, 0.25) is 0 Å². The van der Waals surface area contributed by atoms with Gasteiger partial charge in [0.25, 0.3) is 0 Å². The number of rotatable bonds is 3. The van der Waals surface area contributed by atoms with Crippen LogP contribution in [-0.2, 0) is 19.5 Å². The van der Waals surface area contributed by atoms with Crippen molar-refractivity contribution in [3.63, 3.8) is 0 Å². The number of hydrogen-bond acceptors (Lipinski definition) is 4. The Kier molecular flexibility index (Phi) is 3.77. The molecule has 0 N–H and O–H groups in total. The van der Waals surface area contributed by atoms with Crippen molar-refractivity contribution in [2.24, 2.45) is 5.92 Å². The lowest BCUT2D eigenvalue weighted by Gasteiger charge is -2.37. The lowest BCUT2D eigenvalue weighted by Crippen LogP contribution is -2.51. The van der Waals surface area contributed by atoms with Gasteiger partial charge in [-0.25, -0.2) is 8.42 Å². The molecule has 17 heavy (non-hydrogen) atoms. The summed E-state index contributed by atoms with van der Waals surface area (Å²) in [6.45, 7) is 6.51. The van der Waals surface area contributed by atoms with Gasteiger partial charge in [0.05, 0.1) is 24.6 Å². The normalized spacial score (nSPS) is 30.6. The number of morpholine rings is 1. The van der Waals surface area contributed by atoms with Crippen molar-refractivity contribution in [3.8, 4) is 0 Å². The minimum absolute atomic E-state index is 0.158. The fraction of sp³-hybridized carbons (Fsp3) is 1.00. The summed E-state index contributed by atoms with van der Waals surface area (Å²) >= 11 is 0. The van der Waals surface area contributed by atoms with Crippen LogP contribution >= 0.6 is 0 Å². The maximum absolute atomic E-state index is 12.2. The average molecular weight is 263 g/mol. The molecule has 2 aliphatic heterocycles. The molecule has 2 aliphatic rings. The third-order valence-corrected chi connectivity index (χ3v) is 5.25. The third kappa shape index (κ3) is 3.40. The van der Waals surface area contributed by atoms with E-state index in [0.29, 0.717) is 32.9 Å². The quantitative estimate of drug-likeness (QED) is 0.742. The van der Waals surface area contributed by atoms with Crippen LogP contribution in [0.4, 0.5) is 0 Å². The van der Waals surface area contributed by atoms with Gasteiger partial charge in [0.2, 0.25) is 10.0 Å². The van der Waals surface area contributed by atoms with E-state index < -0.39 is 10.0 Å². The molecule has 0 aromatic heterocycles. The zero-order chi connectivity index (χ0) is 12.5. The average Bonchev–Trinajstić information content (AvgIpc) is 2.68. The van der Waals surface area contributed by atoms with Crippen LogP contribution in [0.15, 0.2) is 0 Å². The molecule has 2 fully saturated rings. The van der Waals surface area contributed by atoms with Crippen LogP contribution in [0, 0.1) is 5.92 Å². The molecule has 2 saturated heterocycles. The molecule has 0 saturated carbocycles. The summed E-state index contributed by atoms with van der Waals surface area (Å²) in [4.78, 5) is 0. The Morgan fingerprint density at radius 3 is 2.71 bits per heavy atom.